The zero-order valence-corrected chi connectivity index (χ0v) is 11.1. The van der Waals surface area contributed by atoms with E-state index in [2.05, 4.69) is 0 Å². The van der Waals surface area contributed by atoms with E-state index in [-0.39, 0.29) is 46.0 Å². The number of nitrogens with zero attached hydrogens (tertiary/aromatic N) is 1. The summed E-state index contributed by atoms with van der Waals surface area (Å²) < 4.78 is 12.2. The first-order chi connectivity index (χ1) is 5.33. The molecule has 1 aromatic rings. The summed E-state index contributed by atoms with van der Waals surface area (Å²) in [5, 5.41) is 8.25. The molecule has 0 atom stereocenters. The van der Waals surface area contributed by atoms with Crippen molar-refractivity contribution in [2.24, 2.45) is 0 Å². The largest absolute Gasteiger partial charge is 0.358 e. The topological polar surface area (TPSA) is 23.8 Å². The fraction of sp³-hybridized carbons (Fsp3) is 0.200. The second-order valence-corrected chi connectivity index (χ2v) is 1.62. The predicted molar refractivity (Wildman–Crippen MR) is 48.9 cm³/mol. The Kier molecular flexibility index (Phi) is 16.7. The van der Waals surface area contributed by atoms with Crippen molar-refractivity contribution in [1.82, 2.24) is 0 Å². The third-order valence-electron chi connectivity index (χ3n) is 0.954. The van der Waals surface area contributed by atoms with Gasteiger partial charge in [0, 0.05) is 32.7 Å². The number of nitriles is 1. The van der Waals surface area contributed by atoms with Crippen LogP contribution in [-0.2, 0) is 32.7 Å². The van der Waals surface area contributed by atoms with Crippen molar-refractivity contribution >= 4 is 0 Å². The van der Waals surface area contributed by atoms with E-state index in [9.17, 15) is 4.39 Å². The van der Waals surface area contributed by atoms with Gasteiger partial charge < -0.3 is 7.43 Å². The Morgan fingerprint density at radius 3 is 2.15 bits per heavy atom. The van der Waals surface area contributed by atoms with Gasteiger partial charge >= 0.3 is 0 Å². The van der Waals surface area contributed by atoms with Gasteiger partial charge in [0.15, 0.2) is 0 Å². The summed E-state index contributed by atoms with van der Waals surface area (Å²) in [6, 6.07) is 7.40. The van der Waals surface area contributed by atoms with E-state index in [0.717, 1.165) is 0 Å². The molecule has 0 N–H and O–H groups in total. The summed E-state index contributed by atoms with van der Waals surface area (Å²) in [7, 11) is 0. The van der Waals surface area contributed by atoms with E-state index >= 15 is 0 Å². The zero-order valence-electron chi connectivity index (χ0n) is 8.21. The molecular weight excluding hydrogens is 242 g/mol. The van der Waals surface area contributed by atoms with Gasteiger partial charge in [-0.05, 0) is 18.2 Å². The minimum Gasteiger partial charge on any atom is -0.358 e. The van der Waals surface area contributed by atoms with Crippen molar-refractivity contribution in [3.8, 4) is 6.07 Å². The van der Waals surface area contributed by atoms with E-state index in [1.165, 1.54) is 18.2 Å². The Bertz CT molecular complexity index is 255. The van der Waals surface area contributed by atoms with Gasteiger partial charge in [0.1, 0.15) is 5.82 Å². The van der Waals surface area contributed by atoms with Gasteiger partial charge in [0.05, 0.1) is 11.6 Å². The average Bonchev–Trinajstić information content (AvgIpc) is 2.08. The summed E-state index contributed by atoms with van der Waals surface area (Å²) in [6.45, 7) is 4.00. The molecule has 0 unspecified atom stereocenters. The molecule has 0 amide bonds. The normalized spacial score (nSPS) is 6.31. The summed E-state index contributed by atoms with van der Waals surface area (Å²) >= 11 is 0. The Morgan fingerprint density at radius 2 is 1.85 bits per heavy atom. The number of halogens is 1. The van der Waals surface area contributed by atoms with Gasteiger partial charge in [-0.25, -0.2) is 4.39 Å². The van der Waals surface area contributed by atoms with Crippen molar-refractivity contribution in [2.45, 2.75) is 13.8 Å². The molecule has 0 heterocycles. The monoisotopic (exact) mass is 255 g/mol. The molecule has 1 aromatic carbocycles. The third-order valence-corrected chi connectivity index (χ3v) is 0.954. The first-order valence-electron chi connectivity index (χ1n) is 3.48. The second-order valence-electron chi connectivity index (χ2n) is 1.62. The quantitative estimate of drug-likeness (QED) is 0.653. The summed E-state index contributed by atoms with van der Waals surface area (Å²) in [4.78, 5) is 0. The third kappa shape index (κ3) is 8.08. The number of hydrogen-bond acceptors (Lipinski definition) is 1. The number of rotatable bonds is 0. The Labute approximate surface area is 105 Å². The molecule has 13 heavy (non-hydrogen) atoms. The SMILES string of the molecule is CC.N#Cc1cccc(F)c1.[CH3-].[Y]. The molecule has 0 aliphatic rings. The molecule has 0 aromatic heterocycles. The van der Waals surface area contributed by atoms with Gasteiger partial charge in [0.2, 0.25) is 0 Å². The van der Waals surface area contributed by atoms with Crippen LogP contribution in [-0.4, -0.2) is 0 Å². The Hall–Kier alpha value is -0.256. The Morgan fingerprint density at radius 1 is 1.31 bits per heavy atom. The molecule has 0 saturated carbocycles. The van der Waals surface area contributed by atoms with Gasteiger partial charge in [0.25, 0.3) is 0 Å². The minimum atomic E-state index is -0.367. The average molecular weight is 255 g/mol. The van der Waals surface area contributed by atoms with Crippen molar-refractivity contribution in [1.29, 1.82) is 5.26 Å². The van der Waals surface area contributed by atoms with Crippen LogP contribution in [0.3, 0.4) is 0 Å². The van der Waals surface area contributed by atoms with Crippen molar-refractivity contribution in [3.05, 3.63) is 43.1 Å². The van der Waals surface area contributed by atoms with Crippen LogP contribution in [0, 0.1) is 24.6 Å². The van der Waals surface area contributed by atoms with E-state index in [0.29, 0.717) is 5.56 Å². The predicted octanol–water partition coefficient (Wildman–Crippen LogP) is 3.17. The molecule has 1 radical (unpaired) electrons. The molecule has 0 fully saturated rings. The van der Waals surface area contributed by atoms with Gasteiger partial charge in [-0.2, -0.15) is 5.26 Å². The van der Waals surface area contributed by atoms with Gasteiger partial charge in [-0.15, -0.1) is 0 Å². The summed E-state index contributed by atoms with van der Waals surface area (Å²) in [6.07, 6.45) is 0. The van der Waals surface area contributed by atoms with Crippen LogP contribution in [0.2, 0.25) is 0 Å². The molecule has 1 nitrogen and oxygen atoms in total. The maximum Gasteiger partial charge on any atom is 0.124 e. The minimum absolute atomic E-state index is 0. The van der Waals surface area contributed by atoms with Crippen molar-refractivity contribution in [3.63, 3.8) is 0 Å². The Balaban J connectivity index is -0.000000234. The second kappa shape index (κ2) is 11.7. The van der Waals surface area contributed by atoms with Gasteiger partial charge in [-0.1, -0.05) is 19.9 Å². The first-order valence-corrected chi connectivity index (χ1v) is 3.48. The first kappa shape index (κ1) is 18.5. The molecule has 69 valence electrons. The van der Waals surface area contributed by atoms with Crippen LogP contribution >= 0.6 is 0 Å². The molecule has 0 spiro atoms. The van der Waals surface area contributed by atoms with Crippen molar-refractivity contribution in [2.75, 3.05) is 0 Å². The van der Waals surface area contributed by atoms with Crippen LogP contribution in [0.4, 0.5) is 4.39 Å². The van der Waals surface area contributed by atoms with Crippen LogP contribution in [0.5, 0.6) is 0 Å². The molecule has 0 saturated heterocycles. The molecule has 0 bridgehead atoms. The van der Waals surface area contributed by atoms with Crippen LogP contribution in [0.15, 0.2) is 24.3 Å². The zero-order chi connectivity index (χ0) is 8.69. The van der Waals surface area contributed by atoms with Crippen LogP contribution in [0.25, 0.3) is 0 Å². The maximum atomic E-state index is 12.2. The number of hydrogen-bond donors (Lipinski definition) is 0. The molecular formula is C10H13FNY-. The maximum absolute atomic E-state index is 12.2. The standard InChI is InChI=1S/C7H4FN.C2H6.CH3.Y/c8-7-3-1-2-6(4-7)5-9;1-2;;/h1-4H;1-2H3;1H3;/q;;-1;. The smallest absolute Gasteiger partial charge is 0.124 e. The van der Waals surface area contributed by atoms with E-state index in [1.807, 2.05) is 19.9 Å². The summed E-state index contributed by atoms with van der Waals surface area (Å²) in [5.74, 6) is -0.367. The van der Waals surface area contributed by atoms with E-state index < -0.39 is 0 Å². The molecule has 3 heteroatoms. The van der Waals surface area contributed by atoms with Gasteiger partial charge in [-0.3, -0.25) is 0 Å². The summed E-state index contributed by atoms with van der Waals surface area (Å²) in [5.41, 5.74) is 0.356. The number of benzene rings is 1. The van der Waals surface area contributed by atoms with Crippen LogP contribution in [0.1, 0.15) is 19.4 Å². The fourth-order valence-electron chi connectivity index (χ4n) is 0.558. The fourth-order valence-corrected chi connectivity index (χ4v) is 0.558. The molecule has 1 rings (SSSR count). The molecule has 0 aliphatic carbocycles. The molecule has 0 aliphatic heterocycles. The van der Waals surface area contributed by atoms with Crippen molar-refractivity contribution < 1.29 is 37.1 Å². The van der Waals surface area contributed by atoms with Crippen LogP contribution < -0.4 is 0 Å². The van der Waals surface area contributed by atoms with E-state index in [1.54, 1.807) is 6.07 Å². The van der Waals surface area contributed by atoms with E-state index in [4.69, 9.17) is 5.26 Å².